The molecule has 2 amide bonds. The number of carbonyl (C=O) groups is 8. The van der Waals surface area contributed by atoms with Crippen LogP contribution in [0.2, 0.25) is 0 Å². The van der Waals surface area contributed by atoms with Crippen LogP contribution in [0.5, 0.6) is 17.2 Å². The van der Waals surface area contributed by atoms with Gasteiger partial charge in [-0.25, -0.2) is 28.8 Å². The minimum absolute atomic E-state index is 0.00313. The third kappa shape index (κ3) is 49.6. The largest absolute Gasteiger partial charge is 0.491 e. The van der Waals surface area contributed by atoms with Gasteiger partial charge in [0.05, 0.1) is 26.4 Å². The molecule has 1 aromatic heterocycles. The number of thioether (sulfide) groups is 1. The van der Waals surface area contributed by atoms with Gasteiger partial charge in [-0.2, -0.15) is 11.3 Å². The van der Waals surface area contributed by atoms with Crippen LogP contribution in [0.3, 0.4) is 0 Å². The summed E-state index contributed by atoms with van der Waals surface area (Å²) in [6.45, 7) is 55.8. The van der Waals surface area contributed by atoms with Crippen LogP contribution in [0.15, 0.2) is 193 Å². The molecular formula is C101H142N2O21S2. The zero-order valence-electron chi connectivity index (χ0n) is 77.8. The maximum absolute atomic E-state index is 11.6. The highest BCUT2D eigenvalue weighted by Crippen LogP contribution is 2.36. The number of benzene rings is 5. The van der Waals surface area contributed by atoms with Gasteiger partial charge in [0.2, 0.25) is 0 Å². The topological polar surface area (TPSA) is 284 Å². The van der Waals surface area contributed by atoms with E-state index in [0.717, 1.165) is 54.6 Å². The summed E-state index contributed by atoms with van der Waals surface area (Å²) in [5.74, 6) is 7.04. The SMILES string of the molecule is C=C(C)C(=O)OCCCC(=O)OCCOc1ccc(C(C(C)C)C(C)C)cc1.C=C(C)C(=O)OCCOC(=O)Nc1ccc(CC(C)C)cc1.C=CC(=O)OCCCC(=O)OCCOc1ccc(C(C(C)C)C(C)C)cc1.C=CC(=O)OCCOC(=O)Nc1ccc(CC(C)C)cc1.CC(C)C(c1ccc(OCC(CSc2ccsc2)OCC2CO2)cc1)C(C)C. The molecule has 0 spiro atoms. The third-order valence-corrected chi connectivity index (χ3v) is 20.9. The van der Waals surface area contributed by atoms with Gasteiger partial charge in [0.1, 0.15) is 88.9 Å². The summed E-state index contributed by atoms with van der Waals surface area (Å²) in [6, 6.07) is 42.3. The number of hydrogen-bond acceptors (Lipinski definition) is 23. The van der Waals surface area contributed by atoms with Crippen molar-refractivity contribution in [2.45, 2.75) is 198 Å². The molecule has 23 nitrogen and oxygen atoms in total. The van der Waals surface area contributed by atoms with Gasteiger partial charge in [-0.1, -0.05) is 198 Å². The van der Waals surface area contributed by atoms with Gasteiger partial charge in [0, 0.05) is 63.5 Å². The van der Waals surface area contributed by atoms with Crippen LogP contribution in [0.1, 0.15) is 196 Å². The first kappa shape index (κ1) is 110. The maximum atomic E-state index is 11.6. The van der Waals surface area contributed by atoms with Crippen LogP contribution in [-0.4, -0.2) is 152 Å². The van der Waals surface area contributed by atoms with Crippen LogP contribution in [0.25, 0.3) is 0 Å². The highest BCUT2D eigenvalue weighted by Gasteiger charge is 2.26. The Balaban J connectivity index is 0.000000408. The molecule has 0 saturated carbocycles. The van der Waals surface area contributed by atoms with E-state index in [1.165, 1.54) is 32.7 Å². The van der Waals surface area contributed by atoms with Crippen molar-refractivity contribution in [2.24, 2.45) is 47.3 Å². The fraction of sp³-hybridized carbons (Fsp3) is 0.505. The number of amides is 2. The molecule has 7 rings (SSSR count). The van der Waals surface area contributed by atoms with Gasteiger partial charge in [-0.05, 0) is 205 Å². The summed E-state index contributed by atoms with van der Waals surface area (Å²) in [5.41, 5.74) is 8.45. The van der Waals surface area contributed by atoms with E-state index in [0.29, 0.717) is 127 Å². The third-order valence-electron chi connectivity index (χ3n) is 19.0. The molecule has 6 aromatic rings. The van der Waals surface area contributed by atoms with E-state index in [9.17, 15) is 38.4 Å². The Kier molecular flexibility index (Phi) is 54.8. The zero-order chi connectivity index (χ0) is 93.5. The minimum atomic E-state index is -0.582. The van der Waals surface area contributed by atoms with E-state index in [4.69, 9.17) is 56.8 Å². The number of nitrogens with one attached hydrogen (secondary N) is 2. The van der Waals surface area contributed by atoms with Crippen LogP contribution < -0.4 is 24.8 Å². The van der Waals surface area contributed by atoms with Crippen LogP contribution in [0, 0.1) is 47.3 Å². The zero-order valence-corrected chi connectivity index (χ0v) is 79.4. The molecular weight excluding hydrogens is 1640 g/mol. The Morgan fingerprint density at radius 3 is 1.12 bits per heavy atom. The number of rotatable bonds is 50. The second-order valence-electron chi connectivity index (χ2n) is 33.3. The molecule has 1 fully saturated rings. The molecule has 0 aliphatic carbocycles. The van der Waals surface area contributed by atoms with E-state index in [-0.39, 0.29) is 89.8 Å². The average molecular weight is 1780 g/mol. The molecule has 0 radical (unpaired) electrons. The Morgan fingerprint density at radius 1 is 0.437 bits per heavy atom. The van der Waals surface area contributed by atoms with Crippen LogP contribution in [-0.2, 0) is 89.0 Å². The van der Waals surface area contributed by atoms with Crippen molar-refractivity contribution in [3.8, 4) is 17.2 Å². The molecule has 1 aliphatic rings. The summed E-state index contributed by atoms with van der Waals surface area (Å²) < 4.78 is 67.9. The molecule has 2 atom stereocenters. The normalized spacial score (nSPS) is 12.1. The van der Waals surface area contributed by atoms with Crippen molar-refractivity contribution in [2.75, 3.05) is 102 Å². The lowest BCUT2D eigenvalue weighted by Crippen LogP contribution is -2.26. The fourth-order valence-corrected chi connectivity index (χ4v) is 15.2. The summed E-state index contributed by atoms with van der Waals surface area (Å²) in [6.07, 6.45) is 4.55. The predicted molar refractivity (Wildman–Crippen MR) is 502 cm³/mol. The lowest BCUT2D eigenvalue weighted by Gasteiger charge is -2.25. The van der Waals surface area contributed by atoms with Gasteiger partial charge in [-0.15, -0.1) is 11.8 Å². The molecule has 2 heterocycles. The molecule has 0 bridgehead atoms. The highest BCUT2D eigenvalue weighted by atomic mass is 32.2. The molecule has 1 aliphatic heterocycles. The molecule has 1 saturated heterocycles. The Bertz CT molecular complexity index is 4110. The Hall–Kier alpha value is -10.2. The first-order valence-electron chi connectivity index (χ1n) is 43.7. The van der Waals surface area contributed by atoms with Crippen molar-refractivity contribution in [3.05, 3.63) is 216 Å². The monoisotopic (exact) mass is 1780 g/mol. The van der Waals surface area contributed by atoms with E-state index < -0.39 is 36.1 Å². The van der Waals surface area contributed by atoms with Gasteiger partial charge in [-0.3, -0.25) is 20.2 Å². The predicted octanol–water partition coefficient (Wildman–Crippen LogP) is 22.2. The highest BCUT2D eigenvalue weighted by molar-refractivity contribution is 7.99. The molecule has 25 heteroatoms. The minimum Gasteiger partial charge on any atom is -0.491 e. The summed E-state index contributed by atoms with van der Waals surface area (Å²) in [5, 5.41) is 9.50. The van der Waals surface area contributed by atoms with Gasteiger partial charge in [0.15, 0.2) is 0 Å². The van der Waals surface area contributed by atoms with Gasteiger partial charge >= 0.3 is 48.0 Å². The number of thiophene rings is 1. The van der Waals surface area contributed by atoms with Crippen molar-refractivity contribution >= 4 is 82.5 Å². The van der Waals surface area contributed by atoms with E-state index in [1.54, 1.807) is 25.2 Å². The van der Waals surface area contributed by atoms with Crippen molar-refractivity contribution in [3.63, 3.8) is 0 Å². The second kappa shape index (κ2) is 62.8. The maximum Gasteiger partial charge on any atom is 0.411 e. The quantitative estimate of drug-likeness (QED) is 0.00896. The number of esters is 6. The fourth-order valence-electron chi connectivity index (χ4n) is 13.4. The summed E-state index contributed by atoms with van der Waals surface area (Å²) >= 11 is 3.54. The number of carbonyl (C=O) groups excluding carboxylic acids is 8. The van der Waals surface area contributed by atoms with E-state index >= 15 is 0 Å². The van der Waals surface area contributed by atoms with E-state index in [2.05, 4.69) is 218 Å². The first-order valence-corrected chi connectivity index (χ1v) is 45.6. The Labute approximate surface area is 758 Å². The van der Waals surface area contributed by atoms with Crippen molar-refractivity contribution in [1.29, 1.82) is 0 Å². The lowest BCUT2D eigenvalue weighted by atomic mass is 9.80. The number of epoxide rings is 1. The smallest absolute Gasteiger partial charge is 0.411 e. The summed E-state index contributed by atoms with van der Waals surface area (Å²) in [7, 11) is 0. The first-order chi connectivity index (χ1) is 60.0. The summed E-state index contributed by atoms with van der Waals surface area (Å²) in [4.78, 5) is 91.5. The standard InChI is InChI=1S/C23H34O5.C23H32O3S2.C22H32O5.C17H23NO4.C16H21NO4/c1-16(2)22(17(3)4)19-9-11-20(12-10-19)26-14-15-27-21(24)8-7-13-28-23(25)18(5)6;1-16(2)23(17(3)4)18-5-7-19(8-6-18)24-13-21(26-12-20-11-25-20)14-28-22-9-10-27-15-22;1-6-20(23)26-13-7-8-21(24)27-15-14-25-19-11-9-18(10-12-19)22(16(2)3)17(4)5;1-12(2)11-14-5-7-15(8-6-14)18-17(20)22-10-9-21-16(19)13(3)4;1-4-15(18)20-9-10-21-16(19)17-14-7-5-13(6-8-14)11-12(2)3/h9-12,16-17,22H,5,7-8,13-15H2,1-4,6H3;5-10,15-17,20-21,23H,11-14H2,1-4H3;6,9-12,16-17,22H,1,7-8,13-15H2,2-5H3;5-8,12H,3,9-11H2,1-2,4H3,(H,18,20);4-8,12H,1,9-11H2,2-3H3,(H,17,19). The van der Waals surface area contributed by atoms with Gasteiger partial charge in [0.25, 0.3) is 0 Å². The number of hydrogen-bond donors (Lipinski definition) is 2. The van der Waals surface area contributed by atoms with Crippen molar-refractivity contribution < 1.29 is 99.9 Å². The molecule has 126 heavy (non-hydrogen) atoms. The molecule has 2 N–H and O–H groups in total. The Morgan fingerprint density at radius 2 is 0.778 bits per heavy atom. The number of ether oxygens (including phenoxy) is 13. The van der Waals surface area contributed by atoms with Crippen LogP contribution in [0.4, 0.5) is 21.0 Å². The lowest BCUT2D eigenvalue weighted by molar-refractivity contribution is -0.146. The molecule has 2 unspecified atom stereocenters. The molecule has 694 valence electrons. The average Bonchev–Trinajstić information content (AvgIpc) is 1.83. The molecule has 5 aromatic carbocycles. The second-order valence-corrected chi connectivity index (χ2v) is 35.1. The van der Waals surface area contributed by atoms with Gasteiger partial charge < -0.3 is 61.6 Å². The van der Waals surface area contributed by atoms with E-state index in [1.807, 2.05) is 84.6 Å². The number of anilines is 2. The van der Waals surface area contributed by atoms with Crippen LogP contribution >= 0.6 is 23.1 Å². The van der Waals surface area contributed by atoms with Crippen molar-refractivity contribution in [1.82, 2.24) is 0 Å².